The number of alkyl halides is 1. The molecule has 0 radical (unpaired) electrons. The van der Waals surface area contributed by atoms with Crippen molar-refractivity contribution < 1.29 is 14.4 Å². The van der Waals surface area contributed by atoms with Crippen LogP contribution in [0.2, 0.25) is 0 Å². The molecule has 0 aliphatic carbocycles. The molecule has 104 valence electrons. The number of hydrogen-bond donors (Lipinski definition) is 1. The molecule has 2 rings (SSSR count). The highest BCUT2D eigenvalue weighted by Gasteiger charge is 2.24. The van der Waals surface area contributed by atoms with Crippen LogP contribution in [-0.2, 0) is 9.59 Å². The molecule has 0 aromatic carbocycles. The second-order valence-corrected chi connectivity index (χ2v) is 6.34. The SMILES string of the molecule is O=C(NCCCN1C(=O)C=CC1=O)N1CCC(I)C1. The molecule has 1 fully saturated rings. The zero-order chi connectivity index (χ0) is 13.8. The largest absolute Gasteiger partial charge is 0.338 e. The van der Waals surface area contributed by atoms with Crippen molar-refractivity contribution in [3.63, 3.8) is 0 Å². The predicted octanol–water partition coefficient (Wildman–Crippen LogP) is 0.520. The molecular weight excluding hydrogens is 361 g/mol. The summed E-state index contributed by atoms with van der Waals surface area (Å²) in [7, 11) is 0. The Labute approximate surface area is 125 Å². The number of urea groups is 1. The van der Waals surface area contributed by atoms with Crippen LogP contribution >= 0.6 is 22.6 Å². The van der Waals surface area contributed by atoms with E-state index in [0.29, 0.717) is 23.4 Å². The molecular formula is C12H16IN3O3. The average molecular weight is 377 g/mol. The Morgan fingerprint density at radius 2 is 2.05 bits per heavy atom. The number of amides is 4. The van der Waals surface area contributed by atoms with Crippen molar-refractivity contribution in [1.29, 1.82) is 0 Å². The number of carbonyl (C=O) groups excluding carboxylic acids is 3. The third-order valence-electron chi connectivity index (χ3n) is 3.15. The molecule has 0 bridgehead atoms. The maximum absolute atomic E-state index is 11.8. The summed E-state index contributed by atoms with van der Waals surface area (Å²) in [6.07, 6.45) is 4.15. The molecule has 6 nitrogen and oxygen atoms in total. The molecule has 1 unspecified atom stereocenters. The van der Waals surface area contributed by atoms with E-state index in [-0.39, 0.29) is 17.8 Å². The molecule has 2 heterocycles. The van der Waals surface area contributed by atoms with Gasteiger partial charge in [-0.25, -0.2) is 4.79 Å². The summed E-state index contributed by atoms with van der Waals surface area (Å²) in [5, 5.41) is 2.81. The van der Waals surface area contributed by atoms with Gasteiger partial charge in [-0.2, -0.15) is 0 Å². The lowest BCUT2D eigenvalue weighted by atomic mass is 10.4. The molecule has 0 saturated carbocycles. The summed E-state index contributed by atoms with van der Waals surface area (Å²) in [4.78, 5) is 37.3. The van der Waals surface area contributed by atoms with Crippen LogP contribution in [0.5, 0.6) is 0 Å². The van der Waals surface area contributed by atoms with Crippen LogP contribution in [0.3, 0.4) is 0 Å². The summed E-state index contributed by atoms with van der Waals surface area (Å²) in [5.74, 6) is -0.549. The zero-order valence-electron chi connectivity index (χ0n) is 10.5. The number of imide groups is 1. The van der Waals surface area contributed by atoms with E-state index in [1.807, 2.05) is 0 Å². The number of halogens is 1. The molecule has 7 heteroatoms. The van der Waals surface area contributed by atoms with Crippen LogP contribution in [0.25, 0.3) is 0 Å². The number of nitrogens with zero attached hydrogens (tertiary/aromatic N) is 2. The zero-order valence-corrected chi connectivity index (χ0v) is 12.6. The Morgan fingerprint density at radius 3 is 2.63 bits per heavy atom. The lowest BCUT2D eigenvalue weighted by molar-refractivity contribution is -0.136. The molecule has 19 heavy (non-hydrogen) atoms. The van der Waals surface area contributed by atoms with Crippen LogP contribution in [-0.4, -0.2) is 57.7 Å². The van der Waals surface area contributed by atoms with Gasteiger partial charge in [-0.05, 0) is 12.8 Å². The van der Waals surface area contributed by atoms with E-state index in [0.717, 1.165) is 19.5 Å². The third kappa shape index (κ3) is 3.68. The minimum absolute atomic E-state index is 0.0589. The van der Waals surface area contributed by atoms with E-state index in [9.17, 15) is 14.4 Å². The summed E-state index contributed by atoms with van der Waals surface area (Å²) >= 11 is 2.35. The molecule has 1 N–H and O–H groups in total. The lowest BCUT2D eigenvalue weighted by Crippen LogP contribution is -2.40. The minimum Gasteiger partial charge on any atom is -0.338 e. The molecule has 4 amide bonds. The molecule has 1 saturated heterocycles. The quantitative estimate of drug-likeness (QED) is 0.336. The Balaban J connectivity index is 1.63. The molecule has 2 aliphatic rings. The Kier molecular flexibility index (Phi) is 4.78. The normalized spacial score (nSPS) is 22.5. The van der Waals surface area contributed by atoms with Gasteiger partial charge in [0.1, 0.15) is 0 Å². The van der Waals surface area contributed by atoms with Crippen LogP contribution in [0.4, 0.5) is 4.79 Å². The van der Waals surface area contributed by atoms with Crippen molar-refractivity contribution >= 4 is 40.4 Å². The van der Waals surface area contributed by atoms with Gasteiger partial charge >= 0.3 is 6.03 Å². The highest BCUT2D eigenvalue weighted by molar-refractivity contribution is 14.1. The predicted molar refractivity (Wildman–Crippen MR) is 77.9 cm³/mol. The second kappa shape index (κ2) is 6.36. The first-order chi connectivity index (χ1) is 9.08. The second-order valence-electron chi connectivity index (χ2n) is 4.58. The first-order valence-corrected chi connectivity index (χ1v) is 7.53. The van der Waals surface area contributed by atoms with E-state index in [2.05, 4.69) is 27.9 Å². The highest BCUT2D eigenvalue weighted by atomic mass is 127. The highest BCUT2D eigenvalue weighted by Crippen LogP contribution is 2.16. The van der Waals surface area contributed by atoms with Crippen LogP contribution < -0.4 is 5.32 Å². The topological polar surface area (TPSA) is 69.7 Å². The van der Waals surface area contributed by atoms with Gasteiger partial charge in [-0.1, -0.05) is 22.6 Å². The van der Waals surface area contributed by atoms with E-state index in [1.54, 1.807) is 4.90 Å². The lowest BCUT2D eigenvalue weighted by Gasteiger charge is -2.17. The fourth-order valence-electron chi connectivity index (χ4n) is 2.10. The van der Waals surface area contributed by atoms with Crippen molar-refractivity contribution in [2.75, 3.05) is 26.2 Å². The van der Waals surface area contributed by atoms with Gasteiger partial charge in [0, 0.05) is 42.3 Å². The summed E-state index contributed by atoms with van der Waals surface area (Å²) < 4.78 is 0.536. The van der Waals surface area contributed by atoms with E-state index in [1.165, 1.54) is 17.1 Å². The van der Waals surface area contributed by atoms with Crippen molar-refractivity contribution in [3.8, 4) is 0 Å². The van der Waals surface area contributed by atoms with Gasteiger partial charge in [-0.3, -0.25) is 14.5 Å². The maximum atomic E-state index is 11.8. The van der Waals surface area contributed by atoms with Gasteiger partial charge in [-0.15, -0.1) is 0 Å². The number of rotatable bonds is 4. The smallest absolute Gasteiger partial charge is 0.317 e. The van der Waals surface area contributed by atoms with Crippen molar-refractivity contribution in [2.45, 2.75) is 16.8 Å². The van der Waals surface area contributed by atoms with Crippen molar-refractivity contribution in [1.82, 2.24) is 15.1 Å². The molecule has 0 aromatic rings. The first kappa shape index (κ1) is 14.3. The summed E-state index contributed by atoms with van der Waals surface area (Å²) in [6.45, 7) is 2.41. The minimum atomic E-state index is -0.274. The van der Waals surface area contributed by atoms with E-state index < -0.39 is 0 Å². The fourth-order valence-corrected chi connectivity index (χ4v) is 2.85. The average Bonchev–Trinajstić information content (AvgIpc) is 2.94. The van der Waals surface area contributed by atoms with Gasteiger partial charge in [0.25, 0.3) is 11.8 Å². The Morgan fingerprint density at radius 1 is 1.37 bits per heavy atom. The van der Waals surface area contributed by atoms with Gasteiger partial charge < -0.3 is 10.2 Å². The Bertz CT molecular complexity index is 406. The standard InChI is InChI=1S/C12H16IN3O3/c13-9-4-7-15(8-9)12(19)14-5-1-6-16-10(17)2-3-11(16)18/h2-3,9H,1,4-8H2,(H,14,19). The fraction of sp³-hybridized carbons (Fsp3) is 0.583. The van der Waals surface area contributed by atoms with Crippen LogP contribution in [0, 0.1) is 0 Å². The van der Waals surface area contributed by atoms with Gasteiger partial charge in [0.15, 0.2) is 0 Å². The van der Waals surface area contributed by atoms with Gasteiger partial charge in [0.2, 0.25) is 0 Å². The Hall–Kier alpha value is -1.12. The molecule has 0 spiro atoms. The number of nitrogens with one attached hydrogen (secondary N) is 1. The molecule has 1 atom stereocenters. The first-order valence-electron chi connectivity index (χ1n) is 6.28. The molecule has 0 aromatic heterocycles. The molecule has 2 aliphatic heterocycles. The monoisotopic (exact) mass is 377 g/mol. The van der Waals surface area contributed by atoms with Crippen LogP contribution in [0.1, 0.15) is 12.8 Å². The third-order valence-corrected chi connectivity index (χ3v) is 4.17. The van der Waals surface area contributed by atoms with E-state index >= 15 is 0 Å². The van der Waals surface area contributed by atoms with Crippen molar-refractivity contribution in [2.24, 2.45) is 0 Å². The number of likely N-dealkylation sites (tertiary alicyclic amines) is 1. The summed E-state index contributed by atoms with van der Waals surface area (Å²) in [6, 6.07) is -0.0589. The maximum Gasteiger partial charge on any atom is 0.317 e. The number of hydrogen-bond acceptors (Lipinski definition) is 3. The van der Waals surface area contributed by atoms with Crippen molar-refractivity contribution in [3.05, 3.63) is 12.2 Å². The summed E-state index contributed by atoms with van der Waals surface area (Å²) in [5.41, 5.74) is 0. The van der Waals surface area contributed by atoms with Crippen LogP contribution in [0.15, 0.2) is 12.2 Å². The van der Waals surface area contributed by atoms with E-state index in [4.69, 9.17) is 0 Å². The number of carbonyl (C=O) groups is 3. The van der Waals surface area contributed by atoms with Gasteiger partial charge in [0.05, 0.1) is 0 Å².